The highest BCUT2D eigenvalue weighted by Crippen LogP contribution is 2.20. The van der Waals surface area contributed by atoms with Gasteiger partial charge in [0.15, 0.2) is 0 Å². The van der Waals surface area contributed by atoms with Crippen molar-refractivity contribution in [2.75, 3.05) is 19.8 Å². The van der Waals surface area contributed by atoms with Crippen molar-refractivity contribution in [3.63, 3.8) is 0 Å². The summed E-state index contributed by atoms with van der Waals surface area (Å²) in [5.74, 6) is 0.176. The van der Waals surface area contributed by atoms with E-state index in [-0.39, 0.29) is 23.9 Å². The Hall–Kier alpha value is -2.69. The van der Waals surface area contributed by atoms with Crippen LogP contribution in [0.2, 0.25) is 0 Å². The molecule has 2 aromatic carbocycles. The molecule has 3 rings (SSSR count). The molecule has 0 saturated heterocycles. The first-order chi connectivity index (χ1) is 13.9. The smallest absolute Gasteiger partial charge is 0.246 e. The molecule has 0 unspecified atom stereocenters. The van der Waals surface area contributed by atoms with Gasteiger partial charge in [0.05, 0.1) is 18.0 Å². The van der Waals surface area contributed by atoms with Crippen molar-refractivity contribution in [1.29, 1.82) is 0 Å². The summed E-state index contributed by atoms with van der Waals surface area (Å²) in [5.41, 5.74) is 0.798. The van der Waals surface area contributed by atoms with E-state index in [0.717, 1.165) is 14.8 Å². The van der Waals surface area contributed by atoms with Crippen LogP contribution in [0.4, 0.5) is 0 Å². The Morgan fingerprint density at radius 2 is 1.83 bits per heavy atom. The zero-order valence-electron chi connectivity index (χ0n) is 15.9. The number of carbonyl (C=O) groups excluding carboxylic acids is 1. The van der Waals surface area contributed by atoms with Gasteiger partial charge in [-0.05, 0) is 30.5 Å². The van der Waals surface area contributed by atoms with Crippen molar-refractivity contribution in [2.24, 2.45) is 0 Å². The maximum Gasteiger partial charge on any atom is 0.246 e. The normalized spacial score (nSPS) is 11.6. The zero-order chi connectivity index (χ0) is 20.9. The van der Waals surface area contributed by atoms with Crippen molar-refractivity contribution in [3.05, 3.63) is 60.5 Å². The summed E-state index contributed by atoms with van der Waals surface area (Å²) in [4.78, 5) is 17.5. The average molecular weight is 433 g/mol. The molecule has 3 aromatic rings. The topological polar surface area (TPSA) is 105 Å². The predicted octanol–water partition coefficient (Wildman–Crippen LogP) is 2.40. The molecule has 0 atom stereocenters. The average Bonchev–Trinajstić information content (AvgIpc) is 3.22. The first kappa shape index (κ1) is 21.0. The molecule has 0 saturated carbocycles. The molecule has 1 amide bonds. The van der Waals surface area contributed by atoms with Gasteiger partial charge in [-0.25, -0.2) is 8.42 Å². The molecular formula is C19H20N4O4S2. The molecule has 1 aromatic heterocycles. The van der Waals surface area contributed by atoms with E-state index in [1.807, 2.05) is 36.6 Å². The molecule has 0 aliphatic heterocycles. The number of rotatable bonds is 8. The third-order valence-corrected chi connectivity index (χ3v) is 6.63. The van der Waals surface area contributed by atoms with Crippen LogP contribution in [0.3, 0.4) is 0 Å². The lowest BCUT2D eigenvalue weighted by Crippen LogP contribution is -2.38. The summed E-state index contributed by atoms with van der Waals surface area (Å²) >= 11 is 1.52. The van der Waals surface area contributed by atoms with Gasteiger partial charge in [0.1, 0.15) is 0 Å². The van der Waals surface area contributed by atoms with Crippen LogP contribution < -0.4 is 5.32 Å². The summed E-state index contributed by atoms with van der Waals surface area (Å²) in [6, 6.07) is 15.8. The lowest BCUT2D eigenvalue weighted by molar-refractivity contribution is -0.121. The lowest BCUT2D eigenvalue weighted by atomic mass is 10.2. The van der Waals surface area contributed by atoms with E-state index in [1.165, 1.54) is 30.9 Å². The van der Waals surface area contributed by atoms with E-state index < -0.39 is 15.9 Å². The van der Waals surface area contributed by atoms with E-state index in [1.54, 1.807) is 12.1 Å². The van der Waals surface area contributed by atoms with E-state index in [4.69, 9.17) is 4.52 Å². The van der Waals surface area contributed by atoms with Crippen LogP contribution in [0.15, 0.2) is 68.9 Å². The highest BCUT2D eigenvalue weighted by Gasteiger charge is 2.23. The van der Waals surface area contributed by atoms with Crippen molar-refractivity contribution in [2.45, 2.75) is 16.3 Å². The molecule has 0 aliphatic carbocycles. The molecule has 152 valence electrons. The predicted molar refractivity (Wildman–Crippen MR) is 110 cm³/mol. The fraction of sp³-hybridized carbons (Fsp3) is 0.211. The number of likely N-dealkylation sites (N-methyl/N-ethyl adjacent to an activating group) is 1. The van der Waals surface area contributed by atoms with Gasteiger partial charge >= 0.3 is 0 Å². The van der Waals surface area contributed by atoms with Crippen LogP contribution in [0.25, 0.3) is 11.4 Å². The number of nitrogens with one attached hydrogen (secondary N) is 1. The molecule has 10 heteroatoms. The lowest BCUT2D eigenvalue weighted by Gasteiger charge is -2.16. The standard InChI is InChI=1S/C19H20N4O4S2/c1-23(29(25,26)16-10-8-15(28-2)9-11-16)13-17(24)20-12-18-21-19(22-27-18)14-6-4-3-5-7-14/h3-11H,12-13H2,1-2H3,(H,20,24). The van der Waals surface area contributed by atoms with E-state index >= 15 is 0 Å². The molecular weight excluding hydrogens is 412 g/mol. The molecule has 1 N–H and O–H groups in total. The maximum atomic E-state index is 12.6. The van der Waals surface area contributed by atoms with Gasteiger partial charge in [0.25, 0.3) is 0 Å². The first-order valence-corrected chi connectivity index (χ1v) is 11.3. The number of nitrogens with zero attached hydrogens (tertiary/aromatic N) is 3. The van der Waals surface area contributed by atoms with Crippen LogP contribution in [-0.4, -0.2) is 48.6 Å². The van der Waals surface area contributed by atoms with Crippen LogP contribution in [0.5, 0.6) is 0 Å². The second-order valence-electron chi connectivity index (χ2n) is 6.09. The summed E-state index contributed by atoms with van der Waals surface area (Å²) in [6.45, 7) is -0.318. The molecule has 8 nitrogen and oxygen atoms in total. The fourth-order valence-corrected chi connectivity index (χ4v) is 4.01. The van der Waals surface area contributed by atoms with Gasteiger partial charge in [-0.2, -0.15) is 9.29 Å². The number of hydrogen-bond donors (Lipinski definition) is 1. The zero-order valence-corrected chi connectivity index (χ0v) is 17.5. The third-order valence-electron chi connectivity index (χ3n) is 4.07. The molecule has 0 fully saturated rings. The molecule has 1 heterocycles. The highest BCUT2D eigenvalue weighted by molar-refractivity contribution is 7.98. The van der Waals surface area contributed by atoms with Gasteiger partial charge in [-0.15, -0.1) is 11.8 Å². The Morgan fingerprint density at radius 1 is 1.14 bits per heavy atom. The Kier molecular flexibility index (Phi) is 6.68. The van der Waals surface area contributed by atoms with Gasteiger partial charge in [0, 0.05) is 17.5 Å². The summed E-state index contributed by atoms with van der Waals surface area (Å²) in [5, 5.41) is 6.46. The quantitative estimate of drug-likeness (QED) is 0.545. The van der Waals surface area contributed by atoms with Gasteiger partial charge in [0.2, 0.25) is 27.6 Å². The largest absolute Gasteiger partial charge is 0.346 e. The second-order valence-corrected chi connectivity index (χ2v) is 9.02. The van der Waals surface area contributed by atoms with Crippen molar-refractivity contribution >= 4 is 27.7 Å². The molecule has 0 aliphatic rings. The maximum absolute atomic E-state index is 12.6. The van der Waals surface area contributed by atoms with Gasteiger partial charge < -0.3 is 9.84 Å². The molecule has 0 radical (unpaired) electrons. The van der Waals surface area contributed by atoms with Gasteiger partial charge in [-0.3, -0.25) is 4.79 Å². The summed E-state index contributed by atoms with van der Waals surface area (Å²) in [6.07, 6.45) is 1.91. The Morgan fingerprint density at radius 3 is 2.48 bits per heavy atom. The third kappa shape index (κ3) is 5.22. The minimum Gasteiger partial charge on any atom is -0.346 e. The number of amides is 1. The van der Waals surface area contributed by atoms with Crippen molar-refractivity contribution in [3.8, 4) is 11.4 Å². The molecule has 0 spiro atoms. The fourth-order valence-electron chi connectivity index (χ4n) is 2.48. The number of thioether (sulfide) groups is 1. The minimum absolute atomic E-state index is 0.00890. The SMILES string of the molecule is CSc1ccc(S(=O)(=O)N(C)CC(=O)NCc2nc(-c3ccccc3)no2)cc1. The van der Waals surface area contributed by atoms with E-state index in [2.05, 4.69) is 15.5 Å². The van der Waals surface area contributed by atoms with E-state index in [0.29, 0.717) is 5.82 Å². The van der Waals surface area contributed by atoms with Crippen LogP contribution >= 0.6 is 11.8 Å². The second kappa shape index (κ2) is 9.21. The van der Waals surface area contributed by atoms with Crippen LogP contribution in [0.1, 0.15) is 5.89 Å². The van der Waals surface area contributed by atoms with Gasteiger partial charge in [-0.1, -0.05) is 35.5 Å². The Bertz CT molecular complexity index is 1070. The first-order valence-electron chi connectivity index (χ1n) is 8.65. The van der Waals surface area contributed by atoms with Crippen molar-refractivity contribution < 1.29 is 17.7 Å². The summed E-state index contributed by atoms with van der Waals surface area (Å²) < 4.78 is 31.3. The number of benzene rings is 2. The highest BCUT2D eigenvalue weighted by atomic mass is 32.2. The number of carbonyl (C=O) groups is 1. The number of aromatic nitrogens is 2. The van der Waals surface area contributed by atoms with Crippen LogP contribution in [0, 0.1) is 0 Å². The van der Waals surface area contributed by atoms with E-state index in [9.17, 15) is 13.2 Å². The van der Waals surface area contributed by atoms with Crippen molar-refractivity contribution in [1.82, 2.24) is 19.8 Å². The Balaban J connectivity index is 1.56. The minimum atomic E-state index is -3.76. The summed E-state index contributed by atoms with van der Waals surface area (Å²) in [7, 11) is -2.40. The molecule has 29 heavy (non-hydrogen) atoms. The Labute approximate surface area is 173 Å². The number of hydrogen-bond acceptors (Lipinski definition) is 7. The monoisotopic (exact) mass is 432 g/mol. The molecule has 0 bridgehead atoms. The van der Waals surface area contributed by atoms with Crippen LogP contribution in [-0.2, 0) is 21.4 Å². The number of sulfonamides is 1.